The van der Waals surface area contributed by atoms with E-state index in [1.54, 1.807) is 0 Å². The third-order valence-corrected chi connectivity index (χ3v) is 5.99. The predicted molar refractivity (Wildman–Crippen MR) is 76.5 cm³/mol. The summed E-state index contributed by atoms with van der Waals surface area (Å²) in [5.74, 6) is 2.41. The monoisotopic (exact) mass is 302 g/mol. The minimum atomic E-state index is 0.502. The quantitative estimate of drug-likeness (QED) is 0.672. The summed E-state index contributed by atoms with van der Waals surface area (Å²) in [6.45, 7) is 8.08. The smallest absolute Gasteiger partial charge is 0.0608 e. The van der Waals surface area contributed by atoms with E-state index in [1.165, 1.54) is 32.1 Å². The van der Waals surface area contributed by atoms with Gasteiger partial charge in [0.25, 0.3) is 0 Å². The molecule has 3 atom stereocenters. The summed E-state index contributed by atoms with van der Waals surface area (Å²) in [7, 11) is 0. The van der Waals surface area contributed by atoms with Gasteiger partial charge in [0.05, 0.1) is 12.7 Å². The number of alkyl halides is 1. The van der Waals surface area contributed by atoms with Crippen molar-refractivity contribution in [1.29, 1.82) is 0 Å². The Bertz CT molecular complexity index is 247. The van der Waals surface area contributed by atoms with Gasteiger partial charge in [-0.05, 0) is 43.4 Å². The average molecular weight is 303 g/mol. The van der Waals surface area contributed by atoms with E-state index in [0.717, 1.165) is 29.7 Å². The molecule has 0 heterocycles. The number of ether oxygens (including phenoxy) is 1. The molecule has 0 saturated heterocycles. The van der Waals surface area contributed by atoms with Crippen LogP contribution < -0.4 is 0 Å². The second-order valence-electron chi connectivity index (χ2n) is 6.81. The lowest BCUT2D eigenvalue weighted by Gasteiger charge is -2.37. The Morgan fingerprint density at radius 2 is 2.00 bits per heavy atom. The molecule has 1 nitrogen and oxygen atoms in total. The van der Waals surface area contributed by atoms with E-state index in [9.17, 15) is 0 Å². The second-order valence-corrected chi connectivity index (χ2v) is 7.37. The van der Waals surface area contributed by atoms with E-state index >= 15 is 0 Å². The summed E-state index contributed by atoms with van der Waals surface area (Å²) < 4.78 is 6.32. The van der Waals surface area contributed by atoms with Crippen molar-refractivity contribution in [2.75, 3.05) is 11.9 Å². The molecular formula is C15H27BrO. The molecule has 0 aliphatic heterocycles. The maximum absolute atomic E-state index is 6.32. The normalized spacial score (nSPS) is 36.2. The molecule has 0 N–H and O–H groups in total. The third-order valence-electron chi connectivity index (χ3n) is 4.81. The molecule has 0 radical (unpaired) electrons. The topological polar surface area (TPSA) is 9.23 Å². The van der Waals surface area contributed by atoms with Crippen LogP contribution in [0.25, 0.3) is 0 Å². The Labute approximate surface area is 115 Å². The van der Waals surface area contributed by atoms with Crippen LogP contribution in [0.5, 0.6) is 0 Å². The first-order valence-corrected chi connectivity index (χ1v) is 8.36. The van der Waals surface area contributed by atoms with Crippen LogP contribution in [0.15, 0.2) is 0 Å². The van der Waals surface area contributed by atoms with Crippen molar-refractivity contribution in [3.05, 3.63) is 0 Å². The largest absolute Gasteiger partial charge is 0.377 e. The van der Waals surface area contributed by atoms with Crippen molar-refractivity contribution in [1.82, 2.24) is 0 Å². The van der Waals surface area contributed by atoms with Crippen LogP contribution >= 0.6 is 15.9 Å². The van der Waals surface area contributed by atoms with Crippen LogP contribution in [-0.4, -0.2) is 18.0 Å². The lowest BCUT2D eigenvalue weighted by molar-refractivity contribution is -0.0524. The maximum atomic E-state index is 6.32. The van der Waals surface area contributed by atoms with Crippen molar-refractivity contribution >= 4 is 15.9 Å². The van der Waals surface area contributed by atoms with Gasteiger partial charge < -0.3 is 4.74 Å². The Hall–Kier alpha value is 0.440. The van der Waals surface area contributed by atoms with Gasteiger partial charge in [0.2, 0.25) is 0 Å². The Balaban J connectivity index is 1.86. The number of hydrogen-bond donors (Lipinski definition) is 0. The van der Waals surface area contributed by atoms with Crippen LogP contribution in [0.2, 0.25) is 0 Å². The second kappa shape index (κ2) is 5.61. The first kappa shape index (κ1) is 13.9. The molecule has 2 fully saturated rings. The summed E-state index contributed by atoms with van der Waals surface area (Å²) in [4.78, 5) is 0. The molecular weight excluding hydrogens is 276 g/mol. The van der Waals surface area contributed by atoms with E-state index < -0.39 is 0 Å². The van der Waals surface area contributed by atoms with Crippen LogP contribution in [0.4, 0.5) is 0 Å². The highest BCUT2D eigenvalue weighted by Crippen LogP contribution is 2.48. The van der Waals surface area contributed by atoms with Gasteiger partial charge in [-0.25, -0.2) is 0 Å². The van der Waals surface area contributed by atoms with Crippen molar-refractivity contribution in [3.8, 4) is 0 Å². The Kier molecular flexibility index (Phi) is 4.57. The summed E-state index contributed by atoms with van der Waals surface area (Å²) in [6, 6.07) is 0. The van der Waals surface area contributed by atoms with Gasteiger partial charge in [-0.3, -0.25) is 0 Å². The maximum Gasteiger partial charge on any atom is 0.0608 e. The fourth-order valence-electron chi connectivity index (χ4n) is 3.08. The van der Waals surface area contributed by atoms with E-state index in [4.69, 9.17) is 4.74 Å². The van der Waals surface area contributed by atoms with E-state index in [1.807, 2.05) is 0 Å². The molecule has 2 heteroatoms. The molecule has 0 aromatic carbocycles. The number of hydrogen-bond acceptors (Lipinski definition) is 1. The minimum Gasteiger partial charge on any atom is -0.377 e. The lowest BCUT2D eigenvalue weighted by Crippen LogP contribution is -2.35. The highest BCUT2D eigenvalue weighted by molar-refractivity contribution is 9.09. The summed E-state index contributed by atoms with van der Waals surface area (Å²) >= 11 is 3.63. The third kappa shape index (κ3) is 3.47. The zero-order chi connectivity index (χ0) is 12.5. The fourth-order valence-corrected chi connectivity index (χ4v) is 3.81. The molecule has 17 heavy (non-hydrogen) atoms. The van der Waals surface area contributed by atoms with Gasteiger partial charge in [0.15, 0.2) is 0 Å². The standard InChI is InChI=1S/C15H27BrO/c1-11(2)13-5-4-12(3)8-14(13)17-10-15(9-16)6-7-15/h11-14H,4-10H2,1-3H3. The average Bonchev–Trinajstić information content (AvgIpc) is 3.07. The van der Waals surface area contributed by atoms with Gasteiger partial charge in [-0.15, -0.1) is 0 Å². The SMILES string of the molecule is CC1CCC(C(C)C)C(OCC2(CBr)CC2)C1. The molecule has 0 spiro atoms. The molecule has 2 aliphatic rings. The molecule has 2 aliphatic carbocycles. The molecule has 2 saturated carbocycles. The lowest BCUT2D eigenvalue weighted by atomic mass is 9.75. The molecule has 3 unspecified atom stereocenters. The molecule has 0 bridgehead atoms. The van der Waals surface area contributed by atoms with Gasteiger partial charge in [0.1, 0.15) is 0 Å². The van der Waals surface area contributed by atoms with Crippen LogP contribution in [0, 0.1) is 23.2 Å². The van der Waals surface area contributed by atoms with Crippen LogP contribution in [-0.2, 0) is 4.74 Å². The Morgan fingerprint density at radius 1 is 1.29 bits per heavy atom. The van der Waals surface area contributed by atoms with Crippen LogP contribution in [0.1, 0.15) is 52.9 Å². The molecule has 0 amide bonds. The predicted octanol–water partition coefficient (Wildman–Crippen LogP) is 4.64. The zero-order valence-corrected chi connectivity index (χ0v) is 13.1. The Morgan fingerprint density at radius 3 is 2.53 bits per heavy atom. The number of halogens is 1. The zero-order valence-electron chi connectivity index (χ0n) is 11.5. The summed E-state index contributed by atoms with van der Waals surface area (Å²) in [5, 5.41) is 1.12. The van der Waals surface area contributed by atoms with Crippen LogP contribution in [0.3, 0.4) is 0 Å². The van der Waals surface area contributed by atoms with Crippen molar-refractivity contribution in [3.63, 3.8) is 0 Å². The van der Waals surface area contributed by atoms with E-state index in [0.29, 0.717) is 11.5 Å². The minimum absolute atomic E-state index is 0.502. The summed E-state index contributed by atoms with van der Waals surface area (Å²) in [5.41, 5.74) is 0.502. The first-order valence-electron chi connectivity index (χ1n) is 7.24. The van der Waals surface area contributed by atoms with Crippen molar-refractivity contribution in [2.45, 2.75) is 59.0 Å². The molecule has 2 rings (SSSR count). The van der Waals surface area contributed by atoms with Gasteiger partial charge in [-0.1, -0.05) is 43.1 Å². The van der Waals surface area contributed by atoms with E-state index in [-0.39, 0.29) is 0 Å². The van der Waals surface area contributed by atoms with E-state index in [2.05, 4.69) is 36.7 Å². The summed E-state index contributed by atoms with van der Waals surface area (Å²) in [6.07, 6.45) is 7.27. The molecule has 100 valence electrons. The van der Waals surface area contributed by atoms with Crippen molar-refractivity contribution in [2.24, 2.45) is 23.2 Å². The fraction of sp³-hybridized carbons (Fsp3) is 1.00. The van der Waals surface area contributed by atoms with Gasteiger partial charge in [-0.2, -0.15) is 0 Å². The highest BCUT2D eigenvalue weighted by atomic mass is 79.9. The molecule has 0 aromatic rings. The molecule has 0 aromatic heterocycles. The van der Waals surface area contributed by atoms with Crippen molar-refractivity contribution < 1.29 is 4.74 Å². The van der Waals surface area contributed by atoms with Gasteiger partial charge in [0, 0.05) is 10.7 Å². The highest BCUT2D eigenvalue weighted by Gasteiger charge is 2.43. The first-order chi connectivity index (χ1) is 8.06. The van der Waals surface area contributed by atoms with Gasteiger partial charge >= 0.3 is 0 Å². The number of rotatable bonds is 5.